The van der Waals surface area contributed by atoms with Gasteiger partial charge in [-0.25, -0.2) is 0 Å². The van der Waals surface area contributed by atoms with Gasteiger partial charge in [0.15, 0.2) is 0 Å². The molecule has 0 saturated heterocycles. The lowest BCUT2D eigenvalue weighted by molar-refractivity contribution is 0.663. The molecule has 0 atom stereocenters. The third-order valence-electron chi connectivity index (χ3n) is 9.08. The van der Waals surface area contributed by atoms with E-state index in [1.54, 1.807) is 30.3 Å². The highest BCUT2D eigenvalue weighted by atomic mass is 16.3. The SMILES string of the molecule is [2H]c1c([2H])c(-c2c3c([2H])c([2H])c([2H])c([2H])c3c(-c3ccc4c(c3)oc3ccc5oc6ccccc6c5c34)c3c([2H])c([2H])c([2H])c([2H])c23)c([2H])c([2H])c1-c1c([2H])c([2H])c([2H])c2c([2H])c([2H])c([2H])c([2H])c12. The third-order valence-corrected chi connectivity index (χ3v) is 9.08. The molecule has 11 rings (SSSR count). The van der Waals surface area contributed by atoms with Gasteiger partial charge in [0.25, 0.3) is 0 Å². The normalized spacial score (nSPS) is 17.3. The van der Waals surface area contributed by atoms with Gasteiger partial charge >= 0.3 is 0 Å². The van der Waals surface area contributed by atoms with Crippen LogP contribution in [0.1, 0.15) is 26.0 Å². The van der Waals surface area contributed by atoms with Crippen LogP contribution in [0.15, 0.2) is 178 Å². The van der Waals surface area contributed by atoms with E-state index in [1.165, 1.54) is 0 Å². The molecular weight excluding hydrogens is 609 g/mol. The van der Waals surface area contributed by atoms with E-state index in [0.29, 0.717) is 27.7 Å². The van der Waals surface area contributed by atoms with Crippen molar-refractivity contribution in [2.45, 2.75) is 0 Å². The minimum absolute atomic E-state index is 0.0752. The average molecular weight is 656 g/mol. The summed E-state index contributed by atoms with van der Waals surface area (Å²) in [5.74, 6) is 0. The molecule has 0 fully saturated rings. The smallest absolute Gasteiger partial charge is 0.136 e. The number of hydrogen-bond acceptors (Lipinski definition) is 2. The Labute approximate surface area is 314 Å². The maximum atomic E-state index is 9.56. The first kappa shape index (κ1) is 14.9. The summed E-state index contributed by atoms with van der Waals surface area (Å²) in [6, 6.07) is 1.02. The number of hydrogen-bond donors (Lipinski definition) is 0. The predicted octanol–water partition coefficient (Wildman–Crippen LogP) is 13.9. The number of rotatable bonds is 3. The Kier molecular flexibility index (Phi) is 3.10. The van der Waals surface area contributed by atoms with Crippen molar-refractivity contribution in [2.24, 2.45) is 0 Å². The molecule has 50 heavy (non-hydrogen) atoms. The topological polar surface area (TPSA) is 26.3 Å². The van der Waals surface area contributed by atoms with Crippen LogP contribution in [0.5, 0.6) is 0 Å². The van der Waals surface area contributed by atoms with E-state index in [9.17, 15) is 11.0 Å². The van der Waals surface area contributed by atoms with Crippen LogP contribution in [0.4, 0.5) is 0 Å². The molecule has 0 amide bonds. The molecule has 2 heterocycles. The van der Waals surface area contributed by atoms with Gasteiger partial charge < -0.3 is 8.83 Å². The molecule has 2 heteroatoms. The van der Waals surface area contributed by atoms with Crippen molar-refractivity contribution in [1.82, 2.24) is 0 Å². The molecule has 11 aromatic rings. The third kappa shape index (κ3) is 3.90. The van der Waals surface area contributed by atoms with Gasteiger partial charge in [-0.15, -0.1) is 0 Å². The van der Waals surface area contributed by atoms with Gasteiger partial charge in [0, 0.05) is 21.5 Å². The van der Waals surface area contributed by atoms with Crippen LogP contribution in [0.25, 0.3) is 110 Å². The molecule has 2 nitrogen and oxygen atoms in total. The molecule has 0 unspecified atom stereocenters. The molecule has 0 aliphatic rings. The fourth-order valence-corrected chi connectivity index (χ4v) is 6.96. The van der Waals surface area contributed by atoms with Crippen molar-refractivity contribution in [3.63, 3.8) is 0 Å². The van der Waals surface area contributed by atoms with E-state index < -0.39 is 159 Å². The van der Waals surface area contributed by atoms with Crippen molar-refractivity contribution in [1.29, 1.82) is 0 Å². The summed E-state index contributed by atoms with van der Waals surface area (Å²) < 4.78 is 184. The molecule has 0 radical (unpaired) electrons. The van der Waals surface area contributed by atoms with Crippen molar-refractivity contribution < 1.29 is 34.9 Å². The fraction of sp³-hybridized carbons (Fsp3) is 0. The molecule has 0 bridgehead atoms. The highest BCUT2D eigenvalue weighted by Gasteiger charge is 2.20. The summed E-state index contributed by atoms with van der Waals surface area (Å²) in [6.45, 7) is 0. The van der Waals surface area contributed by atoms with Crippen molar-refractivity contribution in [3.8, 4) is 33.4 Å². The standard InChI is InChI=1S/C48H28O2/c1-2-12-33-29(10-1)11-9-18-34(33)30-20-22-31(23-21-30)45-35-13-3-5-15-37(35)46(38-16-6-4-14-36(38)45)32-24-25-40-44(28-32)50-43-27-26-42-47(48(40)43)39-17-7-8-19-41(39)49-42/h1-28H/i1D,2D,3D,4D,5D,6D,9D,10D,11D,12D,13D,14D,15D,16D,18D,20D,21D,22D,23D. The maximum absolute atomic E-state index is 9.56. The Bertz CT molecular complexity index is 4130. The zero-order valence-corrected chi connectivity index (χ0v) is 25.5. The molecule has 232 valence electrons. The Balaban J connectivity index is 1.30. The molecule has 0 saturated carbocycles. The van der Waals surface area contributed by atoms with Crippen LogP contribution >= 0.6 is 0 Å². The predicted molar refractivity (Wildman–Crippen MR) is 210 cm³/mol. The second kappa shape index (κ2) is 10.4. The minimum atomic E-state index is -0.924. The number of furan rings is 2. The van der Waals surface area contributed by atoms with E-state index in [4.69, 9.17) is 23.9 Å². The second-order valence-electron chi connectivity index (χ2n) is 11.7. The van der Waals surface area contributed by atoms with Crippen LogP contribution in [-0.2, 0) is 0 Å². The Morgan fingerprint density at radius 3 is 1.60 bits per heavy atom. The highest BCUT2D eigenvalue weighted by Crippen LogP contribution is 2.46. The lowest BCUT2D eigenvalue weighted by Crippen LogP contribution is -1.91. The summed E-state index contributed by atoms with van der Waals surface area (Å²) in [7, 11) is 0. The van der Waals surface area contributed by atoms with Crippen LogP contribution < -0.4 is 0 Å². The molecule has 0 spiro atoms. The van der Waals surface area contributed by atoms with Crippen LogP contribution in [0, 0.1) is 0 Å². The number of fused-ring (bicyclic) bond motifs is 10. The molecular formula is C48H28O2. The molecule has 9 aromatic carbocycles. The van der Waals surface area contributed by atoms with E-state index in [0.717, 1.165) is 16.2 Å². The van der Waals surface area contributed by atoms with E-state index in [2.05, 4.69) is 0 Å². The first-order valence-corrected chi connectivity index (χ1v) is 15.5. The number of benzene rings is 9. The second-order valence-corrected chi connectivity index (χ2v) is 11.7. The molecule has 0 aliphatic heterocycles. The lowest BCUT2D eigenvalue weighted by atomic mass is 9.85. The van der Waals surface area contributed by atoms with Crippen LogP contribution in [0.2, 0.25) is 0 Å². The summed E-state index contributed by atoms with van der Waals surface area (Å²) in [4.78, 5) is 0. The van der Waals surface area contributed by atoms with Gasteiger partial charge in [-0.2, -0.15) is 0 Å². The molecule has 2 aromatic heterocycles. The van der Waals surface area contributed by atoms with Gasteiger partial charge in [0.1, 0.15) is 22.3 Å². The summed E-state index contributed by atoms with van der Waals surface area (Å²) in [5.41, 5.74) is -0.260. The van der Waals surface area contributed by atoms with Gasteiger partial charge in [-0.05, 0) is 96.0 Å². The quantitative estimate of drug-likeness (QED) is 0.177. The first-order valence-electron chi connectivity index (χ1n) is 25.0. The van der Waals surface area contributed by atoms with Crippen LogP contribution in [-0.4, -0.2) is 0 Å². The van der Waals surface area contributed by atoms with Gasteiger partial charge in [-0.1, -0.05) is 139 Å². The Morgan fingerprint density at radius 2 is 0.900 bits per heavy atom. The van der Waals surface area contributed by atoms with Crippen molar-refractivity contribution >= 4 is 76.2 Å². The van der Waals surface area contributed by atoms with Crippen molar-refractivity contribution in [3.05, 3.63) is 169 Å². The van der Waals surface area contributed by atoms with Crippen molar-refractivity contribution in [2.75, 3.05) is 0 Å². The van der Waals surface area contributed by atoms with Crippen LogP contribution in [0.3, 0.4) is 0 Å². The summed E-state index contributed by atoms with van der Waals surface area (Å²) in [6.07, 6.45) is 0. The maximum Gasteiger partial charge on any atom is 0.136 e. The number of para-hydroxylation sites is 1. The van der Waals surface area contributed by atoms with Gasteiger partial charge in [-0.3, -0.25) is 0 Å². The molecule has 0 aliphatic carbocycles. The largest absolute Gasteiger partial charge is 0.456 e. The van der Waals surface area contributed by atoms with E-state index in [-0.39, 0.29) is 21.9 Å². The molecule has 0 N–H and O–H groups in total. The Morgan fingerprint density at radius 1 is 0.360 bits per heavy atom. The summed E-state index contributed by atoms with van der Waals surface area (Å²) in [5, 5.41) is 0.584. The average Bonchev–Trinajstić information content (AvgIpc) is 3.91. The van der Waals surface area contributed by atoms with E-state index >= 15 is 0 Å². The zero-order valence-electron chi connectivity index (χ0n) is 44.5. The van der Waals surface area contributed by atoms with Gasteiger partial charge in [0.05, 0.1) is 26.0 Å². The lowest BCUT2D eigenvalue weighted by Gasteiger charge is -2.18. The van der Waals surface area contributed by atoms with Gasteiger partial charge in [0.2, 0.25) is 0 Å². The fourth-order valence-electron chi connectivity index (χ4n) is 6.96. The first-order chi connectivity index (χ1) is 32.7. The Hall–Kier alpha value is -6.64. The minimum Gasteiger partial charge on any atom is -0.456 e. The summed E-state index contributed by atoms with van der Waals surface area (Å²) >= 11 is 0. The van der Waals surface area contributed by atoms with E-state index in [1.807, 2.05) is 24.3 Å². The zero-order chi connectivity index (χ0) is 49.3. The highest BCUT2D eigenvalue weighted by molar-refractivity contribution is 6.27. The monoisotopic (exact) mass is 655 g/mol.